The van der Waals surface area contributed by atoms with Crippen molar-refractivity contribution in [2.24, 2.45) is 0 Å². The number of aryl methyl sites for hydroxylation is 1. The minimum atomic E-state index is -4.87. The van der Waals surface area contributed by atoms with Crippen LogP contribution in [0.1, 0.15) is 24.8 Å². The summed E-state index contributed by atoms with van der Waals surface area (Å²) in [7, 11) is -2.27. The fourth-order valence-electron chi connectivity index (χ4n) is 1.04. The lowest BCUT2D eigenvalue weighted by atomic mass is 9.78. The van der Waals surface area contributed by atoms with Crippen LogP contribution >= 0.6 is 0 Å². The van der Waals surface area contributed by atoms with Crippen LogP contribution in [0.3, 0.4) is 0 Å². The summed E-state index contributed by atoms with van der Waals surface area (Å²) in [4.78, 5) is 0. The highest BCUT2D eigenvalue weighted by molar-refractivity contribution is 6.58. The molecule has 0 saturated heterocycles. The van der Waals surface area contributed by atoms with Crippen molar-refractivity contribution in [3.63, 3.8) is 0 Å². The van der Waals surface area contributed by atoms with Crippen LogP contribution in [0.4, 0.5) is 13.2 Å². The zero-order chi connectivity index (χ0) is 15.9. The molecule has 0 bridgehead atoms. The topological polar surface area (TPSA) is 40.5 Å². The Bertz CT molecular complexity index is 501. The molecule has 2 N–H and O–H groups in total. The van der Waals surface area contributed by atoms with Gasteiger partial charge in [-0.15, -0.1) is 0 Å². The highest BCUT2D eigenvalue weighted by atomic mass is 19.4. The van der Waals surface area contributed by atoms with E-state index in [9.17, 15) is 13.2 Å². The van der Waals surface area contributed by atoms with Crippen molar-refractivity contribution in [2.75, 3.05) is 0 Å². The van der Waals surface area contributed by atoms with Crippen molar-refractivity contribution in [3.8, 4) is 0 Å². The molecule has 0 amide bonds. The first-order chi connectivity index (χ1) is 8.76. The summed E-state index contributed by atoms with van der Waals surface area (Å²) < 4.78 is 74.0. The van der Waals surface area contributed by atoms with Crippen LogP contribution in [-0.4, -0.2) is 17.2 Å². The quantitative estimate of drug-likeness (QED) is 0.732. The van der Waals surface area contributed by atoms with Crippen LogP contribution in [0.5, 0.6) is 0 Å². The summed E-state index contributed by atoms with van der Waals surface area (Å²) in [6.07, 6.45) is -7.93. The van der Waals surface area contributed by atoms with E-state index in [0.717, 1.165) is 0 Å². The summed E-state index contributed by atoms with van der Waals surface area (Å²) >= 11 is 0. The van der Waals surface area contributed by atoms with E-state index < -0.39 is 43.1 Å². The minimum absolute atomic E-state index is 0.345. The molecule has 1 rings (SSSR count). The van der Waals surface area contributed by atoms with Gasteiger partial charge in [-0.05, 0) is 23.5 Å². The van der Waals surface area contributed by atoms with Crippen molar-refractivity contribution in [3.05, 3.63) is 29.3 Å². The number of hydrogen-bond donors (Lipinski definition) is 2. The van der Waals surface area contributed by atoms with E-state index in [4.69, 9.17) is 16.9 Å². The number of halogens is 3. The van der Waals surface area contributed by atoms with Gasteiger partial charge in [-0.1, -0.05) is 19.0 Å². The van der Waals surface area contributed by atoms with Gasteiger partial charge in [-0.2, -0.15) is 13.2 Å². The molecule has 0 radical (unpaired) electrons. The monoisotopic (exact) mass is 223 g/mol. The molecular weight excluding hydrogens is 208 g/mol. The zero-order valence-corrected chi connectivity index (χ0v) is 7.34. The third-order valence-electron chi connectivity index (χ3n) is 1.73. The Morgan fingerprint density at radius 3 is 2.53 bits per heavy atom. The van der Waals surface area contributed by atoms with Crippen LogP contribution in [0, 0.1) is 0 Å². The zero-order valence-electron chi connectivity index (χ0n) is 12.3. The van der Waals surface area contributed by atoms with Gasteiger partial charge in [0.1, 0.15) is 0 Å². The van der Waals surface area contributed by atoms with Crippen LogP contribution < -0.4 is 5.46 Å². The van der Waals surface area contributed by atoms with E-state index in [2.05, 4.69) is 0 Å². The number of benzene rings is 1. The molecule has 15 heavy (non-hydrogen) atoms. The summed E-state index contributed by atoms with van der Waals surface area (Å²) in [6.45, 7) is -3.20. The fourth-order valence-corrected chi connectivity index (χ4v) is 1.04. The largest absolute Gasteiger partial charge is 0.488 e. The first-order valence-electron chi connectivity index (χ1n) is 6.35. The maximum Gasteiger partial charge on any atom is 0.488 e. The average Bonchev–Trinajstić information content (AvgIpc) is 2.25. The molecule has 0 aliphatic carbocycles. The minimum Gasteiger partial charge on any atom is -0.423 e. The lowest BCUT2D eigenvalue weighted by Gasteiger charge is -2.11. The standard InChI is InChI=1S/C9H10BF3O2/c1-2-6-3-7(9(11,12)13)5-8(4-6)10(14)15/h3-5,14-15H,2H2,1H3/i1D3,2D2. The van der Waals surface area contributed by atoms with E-state index in [0.29, 0.717) is 18.2 Å². The molecule has 0 fully saturated rings. The van der Waals surface area contributed by atoms with Gasteiger partial charge in [-0.3, -0.25) is 0 Å². The maximum atomic E-state index is 12.7. The number of rotatable bonds is 2. The van der Waals surface area contributed by atoms with Gasteiger partial charge in [0.05, 0.1) is 5.56 Å². The van der Waals surface area contributed by atoms with Crippen molar-refractivity contribution >= 4 is 12.6 Å². The molecule has 0 aliphatic heterocycles. The van der Waals surface area contributed by atoms with E-state index in [1.54, 1.807) is 0 Å². The van der Waals surface area contributed by atoms with E-state index in [1.807, 2.05) is 0 Å². The predicted octanol–water partition coefficient (Wildman–Crippen LogP) is 0.948. The summed E-state index contributed by atoms with van der Waals surface area (Å²) in [6, 6.07) is 1.45. The molecule has 0 unspecified atom stereocenters. The molecule has 0 heterocycles. The van der Waals surface area contributed by atoms with E-state index >= 15 is 0 Å². The smallest absolute Gasteiger partial charge is 0.423 e. The summed E-state index contributed by atoms with van der Waals surface area (Å²) in [5.41, 5.74) is -2.79. The predicted molar refractivity (Wildman–Crippen MR) is 50.6 cm³/mol. The molecule has 0 aromatic heterocycles. The van der Waals surface area contributed by atoms with Crippen molar-refractivity contribution in [1.29, 1.82) is 0 Å². The van der Waals surface area contributed by atoms with Gasteiger partial charge in [0, 0.05) is 6.85 Å². The number of hydrogen-bond acceptors (Lipinski definition) is 2. The Balaban J connectivity index is 3.52. The van der Waals surface area contributed by atoms with E-state index in [-0.39, 0.29) is 0 Å². The Hall–Kier alpha value is -1.01. The molecule has 0 saturated carbocycles. The van der Waals surface area contributed by atoms with Gasteiger partial charge in [0.2, 0.25) is 0 Å². The van der Waals surface area contributed by atoms with Gasteiger partial charge in [0.25, 0.3) is 0 Å². The Morgan fingerprint density at radius 1 is 1.40 bits per heavy atom. The highest BCUT2D eigenvalue weighted by Crippen LogP contribution is 2.29. The van der Waals surface area contributed by atoms with Crippen LogP contribution in [-0.2, 0) is 12.5 Å². The molecular formula is C9H10BF3O2. The Kier molecular flexibility index (Phi) is 1.85. The second-order valence-corrected chi connectivity index (χ2v) is 2.84. The SMILES string of the molecule is [2H]C([2H])([2H])C([2H])([2H])c1cc(B(O)O)cc(C(F)(F)F)c1. The van der Waals surface area contributed by atoms with Gasteiger partial charge in [0.15, 0.2) is 0 Å². The molecule has 2 nitrogen and oxygen atoms in total. The fraction of sp³-hybridized carbons (Fsp3) is 0.333. The lowest BCUT2D eigenvalue weighted by Crippen LogP contribution is -2.31. The van der Waals surface area contributed by atoms with Crippen LogP contribution in [0.2, 0.25) is 0 Å². The molecule has 0 aliphatic rings. The third kappa shape index (κ3) is 2.97. The molecule has 1 aromatic rings. The lowest BCUT2D eigenvalue weighted by molar-refractivity contribution is -0.137. The molecule has 82 valence electrons. The van der Waals surface area contributed by atoms with Crippen molar-refractivity contribution in [1.82, 2.24) is 0 Å². The van der Waals surface area contributed by atoms with Crippen molar-refractivity contribution < 1.29 is 30.1 Å². The number of alkyl halides is 3. The van der Waals surface area contributed by atoms with E-state index in [1.165, 1.54) is 0 Å². The highest BCUT2D eigenvalue weighted by Gasteiger charge is 2.31. The maximum absolute atomic E-state index is 12.7. The normalized spacial score (nSPS) is 18.3. The van der Waals surface area contributed by atoms with Gasteiger partial charge >= 0.3 is 13.3 Å². The second-order valence-electron chi connectivity index (χ2n) is 2.84. The molecule has 0 spiro atoms. The third-order valence-corrected chi connectivity index (χ3v) is 1.73. The first-order valence-corrected chi connectivity index (χ1v) is 3.85. The Morgan fingerprint density at radius 2 is 2.07 bits per heavy atom. The Labute approximate surface area is 92.5 Å². The van der Waals surface area contributed by atoms with Crippen LogP contribution in [0.15, 0.2) is 18.2 Å². The second kappa shape index (κ2) is 4.24. The summed E-state index contributed by atoms with van der Waals surface area (Å²) in [5, 5.41) is 17.9. The first kappa shape index (κ1) is 6.55. The van der Waals surface area contributed by atoms with Gasteiger partial charge < -0.3 is 10.0 Å². The molecule has 1 aromatic carbocycles. The molecule has 0 atom stereocenters. The van der Waals surface area contributed by atoms with Gasteiger partial charge in [-0.25, -0.2) is 0 Å². The molecule has 6 heteroatoms. The average molecular weight is 223 g/mol. The summed E-state index contributed by atoms with van der Waals surface area (Å²) in [5.74, 6) is 0. The van der Waals surface area contributed by atoms with Crippen molar-refractivity contribution in [2.45, 2.75) is 19.4 Å². The van der Waals surface area contributed by atoms with Crippen LogP contribution in [0.25, 0.3) is 0 Å².